The zero-order valence-corrected chi connectivity index (χ0v) is 15.3. The smallest absolute Gasteiger partial charge is 0.259 e. The lowest BCUT2D eigenvalue weighted by atomic mass is 10.2. The van der Waals surface area contributed by atoms with E-state index < -0.39 is 5.91 Å². The molecule has 0 unspecified atom stereocenters. The molecule has 24 heavy (non-hydrogen) atoms. The molecule has 0 fully saturated rings. The van der Waals surface area contributed by atoms with Gasteiger partial charge < -0.3 is 5.32 Å². The van der Waals surface area contributed by atoms with E-state index in [9.17, 15) is 9.59 Å². The molecule has 124 valence electrons. The Morgan fingerprint density at radius 2 is 1.75 bits per heavy atom. The van der Waals surface area contributed by atoms with Crippen molar-refractivity contribution < 1.29 is 9.59 Å². The van der Waals surface area contributed by atoms with Gasteiger partial charge in [0.2, 0.25) is 0 Å². The zero-order valence-electron chi connectivity index (χ0n) is 12.2. The Labute approximate surface area is 157 Å². The SMILES string of the molecule is O=C(CNC(=O)c1ccccc1Br)N/N=C/c1c(Cl)cccc1Cl. The fourth-order valence-corrected chi connectivity index (χ4v) is 2.70. The van der Waals surface area contributed by atoms with Crippen LogP contribution < -0.4 is 10.7 Å². The third-order valence-corrected chi connectivity index (χ3v) is 4.26. The van der Waals surface area contributed by atoms with Crippen LogP contribution in [-0.4, -0.2) is 24.6 Å². The van der Waals surface area contributed by atoms with Gasteiger partial charge in [0.1, 0.15) is 0 Å². The summed E-state index contributed by atoms with van der Waals surface area (Å²) in [4.78, 5) is 23.7. The highest BCUT2D eigenvalue weighted by molar-refractivity contribution is 9.10. The first-order chi connectivity index (χ1) is 11.5. The zero-order chi connectivity index (χ0) is 17.5. The minimum absolute atomic E-state index is 0.215. The van der Waals surface area contributed by atoms with Gasteiger partial charge in [-0.1, -0.05) is 41.4 Å². The van der Waals surface area contributed by atoms with Gasteiger partial charge in [-0.25, -0.2) is 5.43 Å². The Morgan fingerprint density at radius 1 is 1.08 bits per heavy atom. The predicted octanol–water partition coefficient (Wildman–Crippen LogP) is 3.64. The summed E-state index contributed by atoms with van der Waals surface area (Å²) >= 11 is 15.2. The molecule has 5 nitrogen and oxygen atoms in total. The summed E-state index contributed by atoms with van der Waals surface area (Å²) in [5.41, 5.74) is 3.23. The average molecular weight is 429 g/mol. The van der Waals surface area contributed by atoms with Crippen molar-refractivity contribution in [1.29, 1.82) is 0 Å². The minimum Gasteiger partial charge on any atom is -0.343 e. The first-order valence-electron chi connectivity index (χ1n) is 6.77. The minimum atomic E-state index is -0.477. The second-order valence-corrected chi connectivity index (χ2v) is 6.26. The van der Waals surface area contributed by atoms with Crippen LogP contribution in [0.5, 0.6) is 0 Å². The van der Waals surface area contributed by atoms with Gasteiger partial charge in [-0.2, -0.15) is 5.10 Å². The Bertz CT molecular complexity index is 776. The monoisotopic (exact) mass is 427 g/mol. The summed E-state index contributed by atoms with van der Waals surface area (Å²) in [6.07, 6.45) is 1.35. The number of nitrogens with zero attached hydrogens (tertiary/aromatic N) is 1. The molecule has 0 heterocycles. The predicted molar refractivity (Wildman–Crippen MR) is 98.7 cm³/mol. The first kappa shape index (κ1) is 18.4. The first-order valence-corrected chi connectivity index (χ1v) is 8.32. The van der Waals surface area contributed by atoms with E-state index in [2.05, 4.69) is 31.8 Å². The molecule has 0 spiro atoms. The standard InChI is InChI=1S/C16H12BrCl2N3O2/c17-12-5-2-1-4-10(12)16(24)20-9-15(23)22-21-8-11-13(18)6-3-7-14(11)19/h1-8H,9H2,(H,20,24)(H,22,23)/b21-8+. The van der Waals surface area contributed by atoms with Crippen LogP contribution in [0.15, 0.2) is 52.0 Å². The largest absolute Gasteiger partial charge is 0.343 e. The molecule has 0 atom stereocenters. The summed E-state index contributed by atoms with van der Waals surface area (Å²) in [5, 5.41) is 7.12. The lowest BCUT2D eigenvalue weighted by Crippen LogP contribution is -2.35. The molecule has 8 heteroatoms. The van der Waals surface area contributed by atoms with Crippen molar-refractivity contribution >= 4 is 57.2 Å². The normalized spacial score (nSPS) is 10.6. The van der Waals surface area contributed by atoms with Gasteiger partial charge in [0.05, 0.1) is 28.4 Å². The van der Waals surface area contributed by atoms with Crippen molar-refractivity contribution in [3.8, 4) is 0 Å². The molecule has 2 aromatic carbocycles. The summed E-state index contributed by atoms with van der Waals surface area (Å²) in [7, 11) is 0. The van der Waals surface area contributed by atoms with E-state index in [1.807, 2.05) is 0 Å². The van der Waals surface area contributed by atoms with E-state index in [4.69, 9.17) is 23.2 Å². The molecule has 0 aliphatic rings. The lowest BCUT2D eigenvalue weighted by Gasteiger charge is -2.06. The summed E-state index contributed by atoms with van der Waals surface area (Å²) in [6, 6.07) is 11.9. The van der Waals surface area contributed by atoms with Crippen LogP contribution in [0.3, 0.4) is 0 Å². The lowest BCUT2D eigenvalue weighted by molar-refractivity contribution is -0.120. The van der Waals surface area contributed by atoms with Gasteiger partial charge in [0, 0.05) is 10.0 Å². The summed E-state index contributed by atoms with van der Waals surface area (Å²) in [6.45, 7) is -0.215. The Morgan fingerprint density at radius 3 is 2.42 bits per heavy atom. The number of rotatable bonds is 5. The molecule has 2 aromatic rings. The van der Waals surface area contributed by atoms with E-state index in [0.717, 1.165) is 0 Å². The molecule has 0 saturated heterocycles. The highest BCUT2D eigenvalue weighted by Gasteiger charge is 2.10. The van der Waals surface area contributed by atoms with Gasteiger partial charge in [0.15, 0.2) is 0 Å². The Kier molecular flexibility index (Phi) is 6.78. The van der Waals surface area contributed by atoms with Gasteiger partial charge in [-0.3, -0.25) is 9.59 Å². The maximum absolute atomic E-state index is 12.0. The van der Waals surface area contributed by atoms with Crippen molar-refractivity contribution in [3.63, 3.8) is 0 Å². The molecule has 0 bridgehead atoms. The van der Waals surface area contributed by atoms with E-state index in [0.29, 0.717) is 25.6 Å². The number of hydrogen-bond acceptors (Lipinski definition) is 3. The van der Waals surface area contributed by atoms with Crippen LogP contribution in [0.25, 0.3) is 0 Å². The topological polar surface area (TPSA) is 70.6 Å². The van der Waals surface area contributed by atoms with Crippen LogP contribution in [0.2, 0.25) is 10.0 Å². The van der Waals surface area contributed by atoms with E-state index in [1.165, 1.54) is 6.21 Å². The summed E-state index contributed by atoms with van der Waals surface area (Å²) < 4.78 is 0.647. The molecular formula is C16H12BrCl2N3O2. The summed E-state index contributed by atoms with van der Waals surface area (Å²) in [5.74, 6) is -0.842. The van der Waals surface area contributed by atoms with Gasteiger partial charge in [-0.15, -0.1) is 0 Å². The Hall–Kier alpha value is -1.89. The van der Waals surface area contributed by atoms with Gasteiger partial charge in [0.25, 0.3) is 11.8 Å². The quantitative estimate of drug-likeness (QED) is 0.563. The molecule has 0 saturated carbocycles. The molecular weight excluding hydrogens is 417 g/mol. The number of nitrogens with one attached hydrogen (secondary N) is 2. The van der Waals surface area contributed by atoms with Crippen molar-refractivity contribution in [3.05, 3.63) is 68.1 Å². The molecule has 2 amide bonds. The van der Waals surface area contributed by atoms with Crippen molar-refractivity contribution in [1.82, 2.24) is 10.7 Å². The molecule has 2 rings (SSSR count). The third-order valence-electron chi connectivity index (χ3n) is 2.91. The number of amides is 2. The van der Waals surface area contributed by atoms with Crippen molar-refractivity contribution in [2.45, 2.75) is 0 Å². The van der Waals surface area contributed by atoms with Gasteiger partial charge in [-0.05, 0) is 40.2 Å². The number of benzene rings is 2. The molecule has 0 aliphatic heterocycles. The second kappa shape index (κ2) is 8.82. The number of carbonyl (C=O) groups excluding carboxylic acids is 2. The van der Waals surface area contributed by atoms with Crippen molar-refractivity contribution in [2.75, 3.05) is 6.54 Å². The fourth-order valence-electron chi connectivity index (χ4n) is 1.74. The average Bonchev–Trinajstić information content (AvgIpc) is 2.56. The maximum atomic E-state index is 12.0. The van der Waals surface area contributed by atoms with Crippen LogP contribution >= 0.6 is 39.1 Å². The molecule has 2 N–H and O–H groups in total. The number of carbonyl (C=O) groups is 2. The fraction of sp³-hybridized carbons (Fsp3) is 0.0625. The van der Waals surface area contributed by atoms with E-state index in [-0.39, 0.29) is 12.5 Å². The molecule has 0 aliphatic carbocycles. The van der Waals surface area contributed by atoms with Crippen LogP contribution in [-0.2, 0) is 4.79 Å². The molecule has 0 radical (unpaired) electrons. The highest BCUT2D eigenvalue weighted by Crippen LogP contribution is 2.22. The number of halogens is 3. The third kappa shape index (κ3) is 5.06. The highest BCUT2D eigenvalue weighted by atomic mass is 79.9. The van der Waals surface area contributed by atoms with Gasteiger partial charge >= 0.3 is 0 Å². The van der Waals surface area contributed by atoms with E-state index in [1.54, 1.807) is 42.5 Å². The van der Waals surface area contributed by atoms with E-state index >= 15 is 0 Å². The van der Waals surface area contributed by atoms with Crippen LogP contribution in [0.4, 0.5) is 0 Å². The number of hydrogen-bond donors (Lipinski definition) is 2. The Balaban J connectivity index is 1.87. The van der Waals surface area contributed by atoms with Crippen LogP contribution in [0.1, 0.15) is 15.9 Å². The van der Waals surface area contributed by atoms with Crippen LogP contribution in [0, 0.1) is 0 Å². The molecule has 0 aromatic heterocycles. The number of hydrazone groups is 1. The van der Waals surface area contributed by atoms with Crippen molar-refractivity contribution in [2.24, 2.45) is 5.10 Å². The second-order valence-electron chi connectivity index (χ2n) is 4.59. The maximum Gasteiger partial charge on any atom is 0.259 e.